The maximum Gasteiger partial charge on any atom is 0.272 e. The van der Waals surface area contributed by atoms with Crippen LogP contribution in [0.15, 0.2) is 36.5 Å². The molecule has 0 spiro atoms. The van der Waals surface area contributed by atoms with Gasteiger partial charge in [-0.2, -0.15) is 5.10 Å². The first kappa shape index (κ1) is 16.8. The summed E-state index contributed by atoms with van der Waals surface area (Å²) in [6.45, 7) is 0.178. The Labute approximate surface area is 157 Å². The van der Waals surface area contributed by atoms with Gasteiger partial charge in [0.05, 0.1) is 0 Å². The molecular formula is C21H24FN3O2. The van der Waals surface area contributed by atoms with E-state index in [2.05, 4.69) is 10.4 Å². The molecule has 4 fully saturated rings. The molecule has 6 rings (SSSR count). The van der Waals surface area contributed by atoms with Crippen LogP contribution in [0.25, 0.3) is 0 Å². The van der Waals surface area contributed by atoms with Gasteiger partial charge in [-0.3, -0.25) is 4.79 Å². The van der Waals surface area contributed by atoms with Gasteiger partial charge in [-0.15, -0.1) is 0 Å². The molecule has 1 N–H and O–H groups in total. The Kier molecular flexibility index (Phi) is 4.14. The van der Waals surface area contributed by atoms with Gasteiger partial charge >= 0.3 is 0 Å². The summed E-state index contributed by atoms with van der Waals surface area (Å²) < 4.78 is 20.1. The highest BCUT2D eigenvalue weighted by Crippen LogP contribution is 2.53. The summed E-state index contributed by atoms with van der Waals surface area (Å²) in [5.74, 6) is 3.25. The first-order chi connectivity index (χ1) is 13.1. The first-order valence-corrected chi connectivity index (χ1v) is 9.87. The molecule has 0 atom stereocenters. The second kappa shape index (κ2) is 6.66. The van der Waals surface area contributed by atoms with Crippen molar-refractivity contribution in [3.05, 3.63) is 48.0 Å². The normalized spacial score (nSPS) is 31.1. The largest absolute Gasteiger partial charge is 0.471 e. The lowest BCUT2D eigenvalue weighted by Gasteiger charge is -2.54. The Bertz CT molecular complexity index is 804. The zero-order valence-electron chi connectivity index (χ0n) is 15.2. The molecule has 1 aromatic carbocycles. The summed E-state index contributed by atoms with van der Waals surface area (Å²) in [4.78, 5) is 12.7. The Morgan fingerprint density at radius 1 is 1.07 bits per heavy atom. The van der Waals surface area contributed by atoms with Crippen molar-refractivity contribution in [3.63, 3.8) is 0 Å². The molecule has 1 aromatic heterocycles. The molecule has 0 saturated heterocycles. The molecule has 2 aromatic rings. The molecule has 142 valence electrons. The lowest BCUT2D eigenvalue weighted by atomic mass is 9.54. The highest BCUT2D eigenvalue weighted by atomic mass is 19.1. The number of nitrogens with one attached hydrogen (secondary N) is 1. The molecule has 5 nitrogen and oxygen atoms in total. The third-order valence-electron chi connectivity index (χ3n) is 6.57. The van der Waals surface area contributed by atoms with Crippen LogP contribution < -0.4 is 10.1 Å². The average Bonchev–Trinajstić information content (AvgIpc) is 3.13. The zero-order valence-corrected chi connectivity index (χ0v) is 15.2. The van der Waals surface area contributed by atoms with Crippen molar-refractivity contribution < 1.29 is 13.9 Å². The predicted octanol–water partition coefficient (Wildman–Crippen LogP) is 3.61. The average molecular weight is 369 g/mol. The van der Waals surface area contributed by atoms with Crippen LogP contribution in [-0.4, -0.2) is 21.7 Å². The molecule has 0 radical (unpaired) electrons. The summed E-state index contributed by atoms with van der Waals surface area (Å²) in [6.07, 6.45) is 8.24. The molecule has 6 heteroatoms. The summed E-state index contributed by atoms with van der Waals surface area (Å²) >= 11 is 0. The number of amides is 1. The van der Waals surface area contributed by atoms with Gasteiger partial charge in [0.15, 0.2) is 6.73 Å². The van der Waals surface area contributed by atoms with E-state index in [0.717, 1.165) is 11.8 Å². The minimum atomic E-state index is -0.301. The van der Waals surface area contributed by atoms with Gasteiger partial charge in [-0.05, 0) is 86.1 Å². The molecule has 1 heterocycles. The number of hydrogen-bond donors (Lipinski definition) is 1. The molecular weight excluding hydrogens is 345 g/mol. The van der Waals surface area contributed by atoms with E-state index in [9.17, 15) is 9.18 Å². The number of carbonyl (C=O) groups is 1. The molecule has 1 amide bonds. The third-order valence-corrected chi connectivity index (χ3v) is 6.57. The van der Waals surface area contributed by atoms with Crippen molar-refractivity contribution >= 4 is 5.91 Å². The van der Waals surface area contributed by atoms with Crippen LogP contribution in [0.5, 0.6) is 5.75 Å². The molecule has 4 saturated carbocycles. The van der Waals surface area contributed by atoms with Gasteiger partial charge in [-0.1, -0.05) is 0 Å². The third kappa shape index (κ3) is 3.33. The minimum absolute atomic E-state index is 0.0898. The molecule has 27 heavy (non-hydrogen) atoms. The fourth-order valence-corrected chi connectivity index (χ4v) is 5.61. The molecule has 4 bridgehead atoms. The number of aromatic nitrogens is 2. The Balaban J connectivity index is 1.19. The summed E-state index contributed by atoms with van der Waals surface area (Å²) in [5.41, 5.74) is 0.423. The van der Waals surface area contributed by atoms with Crippen LogP contribution in [0.3, 0.4) is 0 Å². The van der Waals surface area contributed by atoms with Gasteiger partial charge < -0.3 is 10.1 Å². The predicted molar refractivity (Wildman–Crippen MR) is 97.6 cm³/mol. The van der Waals surface area contributed by atoms with Crippen molar-refractivity contribution in [3.8, 4) is 5.75 Å². The fraction of sp³-hybridized carbons (Fsp3) is 0.524. The number of ether oxygens (including phenoxy) is 1. The van der Waals surface area contributed by atoms with Gasteiger partial charge in [0.2, 0.25) is 0 Å². The standard InChI is InChI=1S/C21H24FN3O2/c22-17-1-3-18(4-2-17)27-12-25-6-5-19(24-25)21(26)23-20-15-8-13-7-14(10-15)11-16(20)9-13/h1-6,13-16,20H,7-12H2,(H,23,26). The van der Waals surface area contributed by atoms with Crippen LogP contribution in [0.4, 0.5) is 4.39 Å². The van der Waals surface area contributed by atoms with Crippen LogP contribution in [0.1, 0.15) is 42.6 Å². The smallest absolute Gasteiger partial charge is 0.272 e. The van der Waals surface area contributed by atoms with Crippen molar-refractivity contribution in [2.75, 3.05) is 0 Å². The van der Waals surface area contributed by atoms with E-state index < -0.39 is 0 Å². The van der Waals surface area contributed by atoms with E-state index in [1.54, 1.807) is 29.1 Å². The monoisotopic (exact) mass is 369 g/mol. The highest BCUT2D eigenvalue weighted by molar-refractivity contribution is 5.92. The van der Waals surface area contributed by atoms with Crippen LogP contribution in [-0.2, 0) is 6.73 Å². The van der Waals surface area contributed by atoms with E-state index in [4.69, 9.17) is 4.74 Å². The van der Waals surface area contributed by atoms with Gasteiger partial charge in [0, 0.05) is 12.2 Å². The van der Waals surface area contributed by atoms with Crippen LogP contribution in [0, 0.1) is 29.5 Å². The van der Waals surface area contributed by atoms with Crippen molar-refractivity contribution in [1.29, 1.82) is 0 Å². The van der Waals surface area contributed by atoms with E-state index in [-0.39, 0.29) is 18.5 Å². The Morgan fingerprint density at radius 3 is 2.41 bits per heavy atom. The maximum absolute atomic E-state index is 12.9. The maximum atomic E-state index is 12.9. The summed E-state index contributed by atoms with van der Waals surface area (Å²) in [6, 6.07) is 7.87. The van der Waals surface area contributed by atoms with E-state index in [1.807, 2.05) is 0 Å². The van der Waals surface area contributed by atoms with Gasteiger partial charge in [0.1, 0.15) is 17.3 Å². The molecule has 0 aliphatic heterocycles. The number of benzene rings is 1. The number of hydrogen-bond acceptors (Lipinski definition) is 3. The second-order valence-corrected chi connectivity index (χ2v) is 8.40. The zero-order chi connectivity index (χ0) is 18.4. The van der Waals surface area contributed by atoms with Crippen molar-refractivity contribution in [1.82, 2.24) is 15.1 Å². The number of halogens is 1. The Morgan fingerprint density at radius 2 is 1.74 bits per heavy atom. The Hall–Kier alpha value is -2.37. The molecule has 4 aliphatic carbocycles. The van der Waals surface area contributed by atoms with Crippen LogP contribution in [0.2, 0.25) is 0 Å². The lowest BCUT2D eigenvalue weighted by Crippen LogP contribution is -2.55. The lowest BCUT2D eigenvalue weighted by molar-refractivity contribution is -0.0120. The highest BCUT2D eigenvalue weighted by Gasteiger charge is 2.48. The number of nitrogens with zero attached hydrogens (tertiary/aromatic N) is 2. The minimum Gasteiger partial charge on any atom is -0.471 e. The fourth-order valence-electron chi connectivity index (χ4n) is 5.61. The van der Waals surface area contributed by atoms with Gasteiger partial charge in [0.25, 0.3) is 5.91 Å². The number of rotatable bonds is 5. The topological polar surface area (TPSA) is 56.2 Å². The molecule has 4 aliphatic rings. The quantitative estimate of drug-likeness (QED) is 0.876. The first-order valence-electron chi connectivity index (χ1n) is 9.87. The number of carbonyl (C=O) groups excluding carboxylic acids is 1. The summed E-state index contributed by atoms with van der Waals surface area (Å²) in [7, 11) is 0. The van der Waals surface area contributed by atoms with E-state index in [1.165, 1.54) is 44.2 Å². The van der Waals surface area contributed by atoms with Crippen molar-refractivity contribution in [2.45, 2.75) is 44.9 Å². The van der Waals surface area contributed by atoms with Gasteiger partial charge in [-0.25, -0.2) is 9.07 Å². The van der Waals surface area contributed by atoms with Crippen LogP contribution >= 0.6 is 0 Å². The second-order valence-electron chi connectivity index (χ2n) is 8.40. The van der Waals surface area contributed by atoms with E-state index >= 15 is 0 Å². The van der Waals surface area contributed by atoms with Crippen molar-refractivity contribution in [2.24, 2.45) is 23.7 Å². The summed E-state index contributed by atoms with van der Waals surface area (Å²) in [5, 5.41) is 7.61. The van der Waals surface area contributed by atoms with E-state index in [0.29, 0.717) is 29.3 Å². The SMILES string of the molecule is O=C(NC1C2CC3CC(C2)CC1C3)c1ccn(COc2ccc(F)cc2)n1. The molecule has 0 unspecified atom stereocenters.